The van der Waals surface area contributed by atoms with Crippen LogP contribution in [-0.2, 0) is 0 Å². The first-order chi connectivity index (χ1) is 15.7. The zero-order chi connectivity index (χ0) is 21.8. The number of pyridine rings is 1. The normalized spacial score (nSPS) is 19.7. The molecule has 0 amide bonds. The fraction of sp³-hybridized carbons (Fsp3) is 0.308. The molecule has 1 aliphatic rings. The molecule has 2 N–H and O–H groups in total. The number of hydrogen-bond donors (Lipinski definition) is 2. The van der Waals surface area contributed by atoms with Crippen molar-refractivity contribution in [3.05, 3.63) is 90.3 Å². The van der Waals surface area contributed by atoms with Gasteiger partial charge in [0.15, 0.2) is 0 Å². The van der Waals surface area contributed by atoms with Gasteiger partial charge in [-0.3, -0.25) is 10.1 Å². The number of rotatable bonds is 7. The summed E-state index contributed by atoms with van der Waals surface area (Å²) in [4.78, 5) is 4.17. The predicted octanol–water partition coefficient (Wildman–Crippen LogP) is 5.41. The van der Waals surface area contributed by atoms with Crippen LogP contribution in [0.5, 0.6) is 5.75 Å². The molecule has 2 aromatic heterocycles. The summed E-state index contributed by atoms with van der Waals surface area (Å²) in [5.74, 6) is 1.30. The molecule has 1 fully saturated rings. The standard InChI is InChI=1S/C26H27FN4O/c27-23-6-3-19(4-7-23)26(22-16-30-31-17-22)29-14-18-1-8-24(9-2-18)32-25-10-5-21-15-28-12-11-20(21)13-25/h3-7,10-13,15-18,24,26,29H,1-2,8-9,14H2,(H,30,31). The number of nitrogens with one attached hydrogen (secondary N) is 2. The summed E-state index contributed by atoms with van der Waals surface area (Å²) in [7, 11) is 0. The van der Waals surface area contributed by atoms with Gasteiger partial charge in [0.1, 0.15) is 11.6 Å². The smallest absolute Gasteiger partial charge is 0.123 e. The predicted molar refractivity (Wildman–Crippen MR) is 123 cm³/mol. The number of ether oxygens (including phenoxy) is 1. The van der Waals surface area contributed by atoms with Gasteiger partial charge < -0.3 is 10.1 Å². The second kappa shape index (κ2) is 9.49. The second-order valence-corrected chi connectivity index (χ2v) is 8.57. The quantitative estimate of drug-likeness (QED) is 0.411. The minimum Gasteiger partial charge on any atom is -0.490 e. The van der Waals surface area contributed by atoms with Crippen molar-refractivity contribution >= 4 is 10.8 Å². The van der Waals surface area contributed by atoms with Crippen LogP contribution in [-0.4, -0.2) is 27.8 Å². The average Bonchev–Trinajstić information content (AvgIpc) is 3.36. The lowest BCUT2D eigenvalue weighted by Crippen LogP contribution is -2.32. The SMILES string of the molecule is Fc1ccc(C(NCC2CCC(Oc3ccc4cnccc4c3)CC2)c2cn[nH]c2)cc1. The van der Waals surface area contributed by atoms with E-state index in [1.54, 1.807) is 0 Å². The summed E-state index contributed by atoms with van der Waals surface area (Å²) in [5, 5.41) is 12.9. The Hall–Kier alpha value is -3.25. The molecule has 2 heterocycles. The second-order valence-electron chi connectivity index (χ2n) is 8.57. The van der Waals surface area contributed by atoms with Crippen LogP contribution >= 0.6 is 0 Å². The summed E-state index contributed by atoms with van der Waals surface area (Å²) in [6.07, 6.45) is 12.0. The van der Waals surface area contributed by atoms with Gasteiger partial charge in [0.2, 0.25) is 0 Å². The van der Waals surface area contributed by atoms with Gasteiger partial charge in [-0.05, 0) is 85.5 Å². The lowest BCUT2D eigenvalue weighted by molar-refractivity contribution is 0.130. The summed E-state index contributed by atoms with van der Waals surface area (Å²) in [5.41, 5.74) is 2.09. The Balaban J connectivity index is 1.16. The highest BCUT2D eigenvalue weighted by Gasteiger charge is 2.24. The van der Waals surface area contributed by atoms with Crippen LogP contribution in [0.25, 0.3) is 10.8 Å². The van der Waals surface area contributed by atoms with E-state index in [1.165, 1.54) is 12.1 Å². The molecule has 6 heteroatoms. The molecule has 5 rings (SSSR count). The monoisotopic (exact) mass is 430 g/mol. The molecular weight excluding hydrogens is 403 g/mol. The van der Waals surface area contributed by atoms with Crippen LogP contribution < -0.4 is 10.1 Å². The molecule has 1 atom stereocenters. The van der Waals surface area contributed by atoms with Crippen LogP contribution in [0, 0.1) is 11.7 Å². The van der Waals surface area contributed by atoms with Crippen molar-refractivity contribution in [1.29, 1.82) is 0 Å². The van der Waals surface area contributed by atoms with Gasteiger partial charge in [-0.1, -0.05) is 12.1 Å². The van der Waals surface area contributed by atoms with Gasteiger partial charge in [0, 0.05) is 29.5 Å². The number of nitrogens with zero attached hydrogens (tertiary/aromatic N) is 2. The fourth-order valence-corrected chi connectivity index (χ4v) is 4.57. The zero-order valence-corrected chi connectivity index (χ0v) is 17.9. The maximum atomic E-state index is 13.4. The number of hydrogen-bond acceptors (Lipinski definition) is 4. The van der Waals surface area contributed by atoms with Gasteiger partial charge in [0.05, 0.1) is 18.3 Å². The summed E-state index contributed by atoms with van der Waals surface area (Å²) >= 11 is 0. The number of H-pyrrole nitrogens is 1. The first-order valence-electron chi connectivity index (χ1n) is 11.2. The molecule has 0 bridgehead atoms. The van der Waals surface area contributed by atoms with E-state index in [1.807, 2.05) is 49.1 Å². The molecule has 5 nitrogen and oxygen atoms in total. The Labute approximate surface area is 187 Å². The maximum Gasteiger partial charge on any atom is 0.123 e. The van der Waals surface area contributed by atoms with Gasteiger partial charge in [0.25, 0.3) is 0 Å². The zero-order valence-electron chi connectivity index (χ0n) is 17.9. The third-order valence-electron chi connectivity index (χ3n) is 6.38. The van der Waals surface area contributed by atoms with Crippen molar-refractivity contribution in [2.45, 2.75) is 37.8 Å². The van der Waals surface area contributed by atoms with E-state index < -0.39 is 0 Å². The fourth-order valence-electron chi connectivity index (χ4n) is 4.57. The van der Waals surface area contributed by atoms with Crippen molar-refractivity contribution in [3.63, 3.8) is 0 Å². The van der Waals surface area contributed by atoms with Crippen LogP contribution in [0.2, 0.25) is 0 Å². The Morgan fingerprint density at radius 3 is 2.59 bits per heavy atom. The van der Waals surface area contributed by atoms with Crippen molar-refractivity contribution in [2.24, 2.45) is 5.92 Å². The summed E-state index contributed by atoms with van der Waals surface area (Å²) in [6.45, 7) is 0.906. The number of halogens is 1. The average molecular weight is 431 g/mol. The van der Waals surface area contributed by atoms with E-state index in [-0.39, 0.29) is 18.0 Å². The third-order valence-corrected chi connectivity index (χ3v) is 6.38. The number of aromatic nitrogens is 3. The molecule has 1 unspecified atom stereocenters. The molecule has 0 spiro atoms. The van der Waals surface area contributed by atoms with E-state index in [2.05, 4.69) is 32.6 Å². The molecule has 1 saturated carbocycles. The Kier molecular flexibility index (Phi) is 6.12. The Morgan fingerprint density at radius 1 is 0.969 bits per heavy atom. The van der Waals surface area contributed by atoms with Crippen LogP contribution in [0.1, 0.15) is 42.9 Å². The first-order valence-corrected chi connectivity index (χ1v) is 11.2. The van der Waals surface area contributed by atoms with Gasteiger partial charge in [-0.2, -0.15) is 5.10 Å². The number of benzene rings is 2. The van der Waals surface area contributed by atoms with Gasteiger partial charge in [-0.25, -0.2) is 4.39 Å². The van der Waals surface area contributed by atoms with Crippen LogP contribution in [0.3, 0.4) is 0 Å². The summed E-state index contributed by atoms with van der Waals surface area (Å²) in [6, 6.07) is 14.9. The third kappa shape index (κ3) is 4.81. The molecular formula is C26H27FN4O. The molecule has 0 aliphatic heterocycles. The van der Waals surface area contributed by atoms with E-state index >= 15 is 0 Å². The highest BCUT2D eigenvalue weighted by Crippen LogP contribution is 2.30. The molecule has 2 aromatic carbocycles. The molecule has 32 heavy (non-hydrogen) atoms. The molecule has 0 radical (unpaired) electrons. The highest BCUT2D eigenvalue weighted by atomic mass is 19.1. The van der Waals surface area contributed by atoms with Crippen LogP contribution in [0.4, 0.5) is 4.39 Å². The lowest BCUT2D eigenvalue weighted by Gasteiger charge is -2.30. The minimum atomic E-state index is -0.221. The number of fused-ring (bicyclic) bond motifs is 1. The van der Waals surface area contributed by atoms with E-state index in [4.69, 9.17) is 4.74 Å². The molecule has 164 valence electrons. The van der Waals surface area contributed by atoms with E-state index in [0.29, 0.717) is 5.92 Å². The summed E-state index contributed by atoms with van der Waals surface area (Å²) < 4.78 is 19.7. The number of aromatic amines is 1. The lowest BCUT2D eigenvalue weighted by atomic mass is 9.87. The molecule has 4 aromatic rings. The Morgan fingerprint density at radius 2 is 1.81 bits per heavy atom. The Bertz CT molecular complexity index is 1140. The van der Waals surface area contributed by atoms with Crippen molar-refractivity contribution in [3.8, 4) is 5.75 Å². The largest absolute Gasteiger partial charge is 0.490 e. The van der Waals surface area contributed by atoms with Crippen LogP contribution in [0.15, 0.2) is 73.3 Å². The molecule has 1 aliphatic carbocycles. The van der Waals surface area contributed by atoms with E-state index in [9.17, 15) is 4.39 Å². The highest BCUT2D eigenvalue weighted by molar-refractivity contribution is 5.82. The van der Waals surface area contributed by atoms with Crippen molar-refractivity contribution in [1.82, 2.24) is 20.5 Å². The first kappa shape index (κ1) is 20.6. The van der Waals surface area contributed by atoms with Crippen molar-refractivity contribution in [2.75, 3.05) is 6.54 Å². The van der Waals surface area contributed by atoms with E-state index in [0.717, 1.165) is 59.9 Å². The topological polar surface area (TPSA) is 62.8 Å². The van der Waals surface area contributed by atoms with Gasteiger partial charge in [-0.15, -0.1) is 0 Å². The minimum absolute atomic E-state index is 0.00425. The maximum absolute atomic E-state index is 13.4. The van der Waals surface area contributed by atoms with Crippen molar-refractivity contribution < 1.29 is 9.13 Å². The van der Waals surface area contributed by atoms with Gasteiger partial charge >= 0.3 is 0 Å². The molecule has 0 saturated heterocycles.